The molecule has 3 aromatic heterocycles. The fourth-order valence-electron chi connectivity index (χ4n) is 6.59. The van der Waals surface area contributed by atoms with Gasteiger partial charge in [-0.2, -0.15) is 0 Å². The van der Waals surface area contributed by atoms with E-state index in [1.165, 1.54) is 11.1 Å². The van der Waals surface area contributed by atoms with E-state index < -0.39 is 12.7 Å². The molecule has 0 N–H and O–H groups in total. The molecule has 0 atom stereocenters. The summed E-state index contributed by atoms with van der Waals surface area (Å²) < 4.78 is 43.3. The molecule has 6 aromatic rings. The van der Waals surface area contributed by atoms with E-state index in [-0.39, 0.29) is 23.1 Å². The van der Waals surface area contributed by atoms with Crippen LogP contribution in [0.15, 0.2) is 71.1 Å². The molecule has 0 amide bonds. The molecule has 0 radical (unpaired) electrons. The van der Waals surface area contributed by atoms with Crippen LogP contribution < -0.4 is 0 Å². The van der Waals surface area contributed by atoms with E-state index >= 15 is 0 Å². The molecule has 4 nitrogen and oxygen atoms in total. The van der Waals surface area contributed by atoms with Gasteiger partial charge < -0.3 is 4.42 Å². The van der Waals surface area contributed by atoms with E-state index in [0.717, 1.165) is 52.8 Å². The second kappa shape index (κ2) is 10.2. The second-order valence-electron chi connectivity index (χ2n) is 12.0. The highest BCUT2D eigenvalue weighted by Crippen LogP contribution is 2.42. The Hall–Kier alpha value is -3.92. The lowest BCUT2D eigenvalue weighted by Crippen LogP contribution is -2.08. The van der Waals surface area contributed by atoms with Gasteiger partial charge in [0.2, 0.25) is 0 Å². The molecule has 4 heteroatoms. The van der Waals surface area contributed by atoms with Crippen molar-refractivity contribution in [2.75, 3.05) is 0 Å². The van der Waals surface area contributed by atoms with Crippen LogP contribution in [0, 0.1) is 6.85 Å². The van der Waals surface area contributed by atoms with Crippen LogP contribution in [0.3, 0.4) is 0 Å². The van der Waals surface area contributed by atoms with E-state index in [4.69, 9.17) is 13.5 Å². The van der Waals surface area contributed by atoms with Gasteiger partial charge in [-0.05, 0) is 66.9 Å². The van der Waals surface area contributed by atoms with Crippen molar-refractivity contribution in [2.45, 2.75) is 84.4 Å². The summed E-state index contributed by atoms with van der Waals surface area (Å²) in [6.45, 7) is 6.37. The number of hydrogen-bond donors (Lipinski definition) is 0. The number of furan rings is 1. The van der Waals surface area contributed by atoms with Gasteiger partial charge in [-0.3, -0.25) is 9.55 Å². The second-order valence-corrected chi connectivity index (χ2v) is 12.0. The molecule has 3 heterocycles. The summed E-state index contributed by atoms with van der Waals surface area (Å²) in [5, 5.41) is 1.49. The predicted octanol–water partition coefficient (Wildman–Crippen LogP) is 10.6. The van der Waals surface area contributed by atoms with Crippen molar-refractivity contribution in [3.63, 3.8) is 0 Å². The van der Waals surface area contributed by atoms with Crippen molar-refractivity contribution in [3.8, 4) is 17.1 Å². The van der Waals surface area contributed by atoms with Gasteiger partial charge in [-0.1, -0.05) is 89.4 Å². The van der Waals surface area contributed by atoms with Gasteiger partial charge in [0, 0.05) is 27.8 Å². The van der Waals surface area contributed by atoms with Crippen molar-refractivity contribution in [1.82, 2.24) is 14.5 Å². The van der Waals surface area contributed by atoms with Gasteiger partial charge in [0.25, 0.3) is 0 Å². The zero-order chi connectivity index (χ0) is 31.7. The lowest BCUT2D eigenvalue weighted by Gasteiger charge is -2.22. The Morgan fingerprint density at radius 2 is 1.56 bits per heavy atom. The topological polar surface area (TPSA) is 43.9 Å². The lowest BCUT2D eigenvalue weighted by molar-refractivity contribution is 0.436. The first-order valence-corrected chi connectivity index (χ1v) is 15.0. The first-order chi connectivity index (χ1) is 21.5. The zero-order valence-corrected chi connectivity index (χ0v) is 24.3. The third kappa shape index (κ3) is 4.27. The van der Waals surface area contributed by atoms with Gasteiger partial charge in [0.15, 0.2) is 5.58 Å². The molecule has 1 aliphatic carbocycles. The molecular formula is C37H39N3O. The summed E-state index contributed by atoms with van der Waals surface area (Å²) in [5.41, 5.74) is 7.51. The van der Waals surface area contributed by atoms with Gasteiger partial charge in [0.05, 0.1) is 28.0 Å². The third-order valence-electron chi connectivity index (χ3n) is 8.67. The molecule has 208 valence electrons. The smallest absolute Gasteiger partial charge is 0.156 e. The number of pyridine rings is 1. The zero-order valence-electron chi connectivity index (χ0n) is 28.3. The number of nitrogens with zero attached hydrogens (tertiary/aromatic N) is 3. The predicted molar refractivity (Wildman–Crippen MR) is 170 cm³/mol. The largest absolute Gasteiger partial charge is 0.453 e. The van der Waals surface area contributed by atoms with Gasteiger partial charge >= 0.3 is 0 Å². The van der Waals surface area contributed by atoms with Crippen LogP contribution in [0.25, 0.3) is 50.0 Å². The molecule has 0 saturated heterocycles. The van der Waals surface area contributed by atoms with E-state index in [1.807, 2.05) is 42.5 Å². The molecule has 1 aliphatic rings. The summed E-state index contributed by atoms with van der Waals surface area (Å²) in [6.07, 6.45) is 4.31. The Morgan fingerprint density at radius 1 is 0.829 bits per heavy atom. The van der Waals surface area contributed by atoms with Crippen LogP contribution in [0.4, 0.5) is 0 Å². The highest BCUT2D eigenvalue weighted by Gasteiger charge is 2.25. The quantitative estimate of drug-likeness (QED) is 0.216. The summed E-state index contributed by atoms with van der Waals surface area (Å²) in [7, 11) is 0. The molecule has 0 bridgehead atoms. The van der Waals surface area contributed by atoms with Gasteiger partial charge in [-0.15, -0.1) is 0 Å². The summed E-state index contributed by atoms with van der Waals surface area (Å²) >= 11 is 0. The summed E-state index contributed by atoms with van der Waals surface area (Å²) in [6, 6.07) is 22.6. The van der Waals surface area contributed by atoms with E-state index in [0.29, 0.717) is 29.5 Å². The molecule has 0 spiro atoms. The molecule has 41 heavy (non-hydrogen) atoms. The number of fused-ring (bicyclic) bond motifs is 4. The van der Waals surface area contributed by atoms with Crippen molar-refractivity contribution >= 4 is 33.0 Å². The molecular weight excluding hydrogens is 502 g/mol. The van der Waals surface area contributed by atoms with Crippen LogP contribution in [0.5, 0.6) is 0 Å². The number of aromatic nitrogens is 3. The molecule has 7 rings (SSSR count). The van der Waals surface area contributed by atoms with Crippen LogP contribution in [-0.4, -0.2) is 14.5 Å². The summed E-state index contributed by atoms with van der Waals surface area (Å²) in [4.78, 5) is 9.86. The van der Waals surface area contributed by atoms with Crippen LogP contribution in [-0.2, 0) is 0 Å². The van der Waals surface area contributed by atoms with Gasteiger partial charge in [-0.25, -0.2) is 4.98 Å². The molecule has 0 aliphatic heterocycles. The van der Waals surface area contributed by atoms with Crippen LogP contribution >= 0.6 is 0 Å². The standard InChI is InChI=1S/C37H39N3O/c1-22(2)26-15-11-16-27(23(3)4)34(26)40-33-20-10-9-19-31(33)39-37(40)29-18-12-17-28-30-21-32(25-13-7-6-8-14-25)38-24(5)35(30)41-36(28)29/h9-12,15-23,25H,6-8,13-14H2,1-5H3/i5D3,25D. The number of para-hydroxylation sites is 4. The number of imidazole rings is 1. The first kappa shape index (κ1) is 21.8. The minimum absolute atomic E-state index is 0.0740. The van der Waals surface area contributed by atoms with E-state index in [9.17, 15) is 1.37 Å². The van der Waals surface area contributed by atoms with E-state index in [1.54, 1.807) is 0 Å². The maximum absolute atomic E-state index is 9.28. The Bertz CT molecular complexity index is 2040. The van der Waals surface area contributed by atoms with Crippen LogP contribution in [0.2, 0.25) is 0 Å². The Kier molecular flexibility index (Phi) is 5.40. The average molecular weight is 546 g/mol. The molecule has 1 saturated carbocycles. The van der Waals surface area contributed by atoms with E-state index in [2.05, 4.69) is 61.5 Å². The maximum Gasteiger partial charge on any atom is 0.156 e. The molecule has 3 aromatic carbocycles. The lowest BCUT2D eigenvalue weighted by atomic mass is 9.86. The average Bonchev–Trinajstić information content (AvgIpc) is 3.58. The Morgan fingerprint density at radius 3 is 2.29 bits per heavy atom. The fraction of sp³-hybridized carbons (Fsp3) is 0.351. The van der Waals surface area contributed by atoms with Crippen molar-refractivity contribution < 1.29 is 9.90 Å². The first-order valence-electron chi connectivity index (χ1n) is 17.0. The van der Waals surface area contributed by atoms with Crippen molar-refractivity contribution in [2.24, 2.45) is 0 Å². The van der Waals surface area contributed by atoms with Crippen LogP contribution in [0.1, 0.15) is 106 Å². The Labute approximate surface area is 248 Å². The normalized spacial score (nSPS) is 17.3. The SMILES string of the molecule is [2H]C([2H])([2H])c1nc(C2([2H])CCCCC2)cc2c1oc1c(-c3nc4ccccc4n3-c3c(C(C)C)cccc3C(C)C)cccc12. The van der Waals surface area contributed by atoms with Crippen molar-refractivity contribution in [3.05, 3.63) is 89.2 Å². The minimum Gasteiger partial charge on any atom is -0.453 e. The van der Waals surface area contributed by atoms with Crippen molar-refractivity contribution in [1.29, 1.82) is 0 Å². The van der Waals surface area contributed by atoms with Gasteiger partial charge in [0.1, 0.15) is 11.4 Å². The fourth-order valence-corrected chi connectivity index (χ4v) is 6.59. The Balaban J connectivity index is 1.57. The maximum atomic E-state index is 9.28. The number of aryl methyl sites for hydroxylation is 1. The highest BCUT2D eigenvalue weighted by atomic mass is 16.3. The third-order valence-corrected chi connectivity index (χ3v) is 8.67. The minimum atomic E-state index is -2.50. The molecule has 0 unspecified atom stereocenters. The number of hydrogen-bond acceptors (Lipinski definition) is 3. The molecule has 1 fully saturated rings. The highest BCUT2D eigenvalue weighted by molar-refractivity contribution is 6.10. The monoisotopic (exact) mass is 545 g/mol. The number of benzene rings is 3. The number of rotatable bonds is 5. The summed E-state index contributed by atoms with van der Waals surface area (Å²) in [5.74, 6) is 0.384.